The molecule has 1 saturated carbocycles. The molecule has 2 heterocycles. The lowest BCUT2D eigenvalue weighted by molar-refractivity contribution is -0.154. The zero-order valence-corrected chi connectivity index (χ0v) is 16.6. The Hall–Kier alpha value is -2.97. The zero-order chi connectivity index (χ0) is 21.9. The predicted octanol–water partition coefficient (Wildman–Crippen LogP) is 3.74. The van der Waals surface area contributed by atoms with Gasteiger partial charge in [-0.3, -0.25) is 14.6 Å². The van der Waals surface area contributed by atoms with Crippen molar-refractivity contribution in [1.29, 1.82) is 0 Å². The SMILES string of the molecule is Cc1cc(C(=O)NC(C)c2ccc(OCC(F)(F)F)nc2)cc(CC(=O)C2CC2)n1. The Bertz CT molecular complexity index is 925. The molecule has 9 heteroatoms. The van der Waals surface area contributed by atoms with E-state index in [1.807, 2.05) is 0 Å². The molecule has 0 spiro atoms. The number of aromatic nitrogens is 2. The van der Waals surface area contributed by atoms with Crippen molar-refractivity contribution in [3.8, 4) is 5.88 Å². The van der Waals surface area contributed by atoms with Crippen LogP contribution >= 0.6 is 0 Å². The van der Waals surface area contributed by atoms with E-state index in [1.165, 1.54) is 12.3 Å². The largest absolute Gasteiger partial charge is 0.468 e. The molecular formula is C21H22F3N3O3. The molecule has 1 amide bonds. The van der Waals surface area contributed by atoms with Gasteiger partial charge in [-0.1, -0.05) is 6.07 Å². The van der Waals surface area contributed by atoms with Crippen molar-refractivity contribution in [1.82, 2.24) is 15.3 Å². The summed E-state index contributed by atoms with van der Waals surface area (Å²) in [5.74, 6) is -0.221. The van der Waals surface area contributed by atoms with Gasteiger partial charge >= 0.3 is 6.18 Å². The molecule has 1 aliphatic carbocycles. The second-order valence-corrected chi connectivity index (χ2v) is 7.43. The van der Waals surface area contributed by atoms with E-state index >= 15 is 0 Å². The van der Waals surface area contributed by atoms with Gasteiger partial charge in [0.2, 0.25) is 5.88 Å². The molecule has 0 bridgehead atoms. The van der Waals surface area contributed by atoms with E-state index < -0.39 is 18.8 Å². The molecule has 1 atom stereocenters. The lowest BCUT2D eigenvalue weighted by atomic mass is 10.1. The van der Waals surface area contributed by atoms with Crippen LogP contribution in [0, 0.1) is 12.8 Å². The topological polar surface area (TPSA) is 81.2 Å². The number of carbonyl (C=O) groups excluding carboxylic acids is 2. The fraction of sp³-hybridized carbons (Fsp3) is 0.429. The van der Waals surface area contributed by atoms with Crippen LogP contribution in [0.3, 0.4) is 0 Å². The summed E-state index contributed by atoms with van der Waals surface area (Å²) in [6.07, 6.45) is -1.03. The van der Waals surface area contributed by atoms with E-state index in [2.05, 4.69) is 20.0 Å². The van der Waals surface area contributed by atoms with Crippen LogP contribution in [-0.2, 0) is 11.2 Å². The molecule has 6 nitrogen and oxygen atoms in total. The lowest BCUT2D eigenvalue weighted by Gasteiger charge is -2.15. The molecule has 0 aliphatic heterocycles. The molecule has 0 aromatic carbocycles. The Morgan fingerprint density at radius 2 is 2.00 bits per heavy atom. The van der Waals surface area contributed by atoms with Crippen LogP contribution in [-0.4, -0.2) is 34.4 Å². The van der Waals surface area contributed by atoms with Crippen molar-refractivity contribution >= 4 is 11.7 Å². The lowest BCUT2D eigenvalue weighted by Crippen LogP contribution is -2.27. The first kappa shape index (κ1) is 21.7. The number of carbonyl (C=O) groups is 2. The van der Waals surface area contributed by atoms with Crippen LogP contribution in [0.1, 0.15) is 53.1 Å². The number of alkyl halides is 3. The summed E-state index contributed by atoms with van der Waals surface area (Å²) >= 11 is 0. The Balaban J connectivity index is 1.62. The number of nitrogens with one attached hydrogen (secondary N) is 1. The van der Waals surface area contributed by atoms with Crippen molar-refractivity contribution in [2.75, 3.05) is 6.61 Å². The third-order valence-corrected chi connectivity index (χ3v) is 4.65. The molecule has 0 radical (unpaired) electrons. The van der Waals surface area contributed by atoms with Gasteiger partial charge in [-0.2, -0.15) is 13.2 Å². The van der Waals surface area contributed by atoms with E-state index in [0.29, 0.717) is 22.5 Å². The molecule has 0 saturated heterocycles. The standard InChI is InChI=1S/C21H22F3N3O3/c1-12-7-16(8-17(26-12)9-18(28)14-3-4-14)20(29)27-13(2)15-5-6-19(25-10-15)30-11-21(22,23)24/h5-8,10,13-14H,3-4,9,11H2,1-2H3,(H,27,29). The number of ketones is 1. The summed E-state index contributed by atoms with van der Waals surface area (Å²) in [6.45, 7) is 2.07. The maximum absolute atomic E-state index is 12.7. The van der Waals surface area contributed by atoms with Crippen LogP contribution in [0.4, 0.5) is 13.2 Å². The normalized spacial score (nSPS) is 14.8. The molecule has 3 rings (SSSR count). The number of hydrogen-bond donors (Lipinski definition) is 1. The third kappa shape index (κ3) is 6.27. The van der Waals surface area contributed by atoms with Crippen molar-refractivity contribution in [2.45, 2.75) is 45.3 Å². The second-order valence-electron chi connectivity index (χ2n) is 7.43. The van der Waals surface area contributed by atoms with Gasteiger partial charge in [0, 0.05) is 41.6 Å². The van der Waals surface area contributed by atoms with Gasteiger partial charge in [-0.25, -0.2) is 4.98 Å². The van der Waals surface area contributed by atoms with Gasteiger partial charge < -0.3 is 10.1 Å². The second kappa shape index (κ2) is 8.81. The summed E-state index contributed by atoms with van der Waals surface area (Å²) in [5.41, 5.74) is 2.21. The van der Waals surface area contributed by atoms with Crippen LogP contribution in [0.5, 0.6) is 5.88 Å². The van der Waals surface area contributed by atoms with Crippen molar-refractivity contribution in [2.24, 2.45) is 5.92 Å². The monoisotopic (exact) mass is 421 g/mol. The Morgan fingerprint density at radius 3 is 2.60 bits per heavy atom. The van der Waals surface area contributed by atoms with Gasteiger partial charge in [0.25, 0.3) is 5.91 Å². The van der Waals surface area contributed by atoms with Crippen LogP contribution < -0.4 is 10.1 Å². The summed E-state index contributed by atoms with van der Waals surface area (Å²) in [4.78, 5) is 32.9. The molecule has 1 aliphatic rings. The summed E-state index contributed by atoms with van der Waals surface area (Å²) in [5, 5.41) is 2.82. The zero-order valence-electron chi connectivity index (χ0n) is 16.6. The summed E-state index contributed by atoms with van der Waals surface area (Å²) < 4.78 is 41.2. The minimum Gasteiger partial charge on any atom is -0.468 e. The van der Waals surface area contributed by atoms with Crippen molar-refractivity contribution < 1.29 is 27.5 Å². The molecule has 30 heavy (non-hydrogen) atoms. The van der Waals surface area contributed by atoms with E-state index in [4.69, 9.17) is 0 Å². The number of hydrogen-bond acceptors (Lipinski definition) is 5. The fourth-order valence-corrected chi connectivity index (χ4v) is 2.94. The fourth-order valence-electron chi connectivity index (χ4n) is 2.94. The van der Waals surface area contributed by atoms with Crippen LogP contribution in [0.15, 0.2) is 30.5 Å². The Kier molecular flexibility index (Phi) is 6.38. The van der Waals surface area contributed by atoms with E-state index in [1.54, 1.807) is 32.0 Å². The average Bonchev–Trinajstić information content (AvgIpc) is 3.51. The van der Waals surface area contributed by atoms with Crippen molar-refractivity contribution in [3.05, 3.63) is 53.0 Å². The summed E-state index contributed by atoms with van der Waals surface area (Å²) in [6, 6.07) is 5.68. The highest BCUT2D eigenvalue weighted by atomic mass is 19.4. The van der Waals surface area contributed by atoms with Gasteiger partial charge in [0.15, 0.2) is 6.61 Å². The molecule has 1 N–H and O–H groups in total. The van der Waals surface area contributed by atoms with Gasteiger partial charge in [-0.05, 0) is 44.4 Å². The number of halogens is 3. The van der Waals surface area contributed by atoms with Gasteiger partial charge in [0.05, 0.1) is 6.04 Å². The highest BCUT2D eigenvalue weighted by molar-refractivity contribution is 5.95. The van der Waals surface area contributed by atoms with Crippen molar-refractivity contribution in [3.63, 3.8) is 0 Å². The minimum absolute atomic E-state index is 0.125. The summed E-state index contributed by atoms with van der Waals surface area (Å²) in [7, 11) is 0. The molecule has 1 fully saturated rings. The van der Waals surface area contributed by atoms with Crippen LogP contribution in [0.2, 0.25) is 0 Å². The Morgan fingerprint density at radius 1 is 1.27 bits per heavy atom. The van der Waals surface area contributed by atoms with Crippen LogP contribution in [0.25, 0.3) is 0 Å². The molecule has 160 valence electrons. The maximum Gasteiger partial charge on any atom is 0.422 e. The first-order valence-electron chi connectivity index (χ1n) is 9.57. The highest BCUT2D eigenvalue weighted by Gasteiger charge is 2.30. The number of Topliss-reactive ketones (excluding diaryl/α,β-unsaturated/α-hetero) is 1. The highest BCUT2D eigenvalue weighted by Crippen LogP contribution is 2.30. The maximum atomic E-state index is 12.7. The van der Waals surface area contributed by atoms with Gasteiger partial charge in [-0.15, -0.1) is 0 Å². The minimum atomic E-state index is -4.44. The molecule has 2 aromatic rings. The number of rotatable bonds is 8. The number of ether oxygens (including phenoxy) is 1. The molecule has 1 unspecified atom stereocenters. The smallest absolute Gasteiger partial charge is 0.422 e. The molecular weight excluding hydrogens is 399 g/mol. The quantitative estimate of drug-likeness (QED) is 0.702. The number of nitrogens with zero attached hydrogens (tertiary/aromatic N) is 2. The first-order valence-corrected chi connectivity index (χ1v) is 9.57. The average molecular weight is 421 g/mol. The van der Waals surface area contributed by atoms with E-state index in [0.717, 1.165) is 12.8 Å². The number of aryl methyl sites for hydroxylation is 1. The predicted molar refractivity (Wildman–Crippen MR) is 102 cm³/mol. The number of amides is 1. The van der Waals surface area contributed by atoms with Gasteiger partial charge in [0.1, 0.15) is 5.78 Å². The van der Waals surface area contributed by atoms with E-state index in [-0.39, 0.29) is 29.9 Å². The number of pyridine rings is 2. The third-order valence-electron chi connectivity index (χ3n) is 4.65. The first-order chi connectivity index (χ1) is 14.1. The Labute approximate surface area is 171 Å². The van der Waals surface area contributed by atoms with E-state index in [9.17, 15) is 22.8 Å². The molecule has 2 aromatic heterocycles.